The number of benzene rings is 2. The fourth-order valence-electron chi connectivity index (χ4n) is 3.83. The number of rotatable bonds is 8. The molecule has 33 heavy (non-hydrogen) atoms. The third kappa shape index (κ3) is 6.74. The van der Waals surface area contributed by atoms with E-state index in [0.29, 0.717) is 24.2 Å². The second-order valence-electron chi connectivity index (χ2n) is 8.41. The standard InChI is InChI=1S/C25H30N6O2/c1-29-12-14-30(15-13-29)18-20-4-2-6-22(16-20)28-25(33)21-5-3-7-23(17-21)27-24(32)8-10-31-11-9-26-19-31/h2-7,9,11,16-17,19H,8,10,12-15,18H2,1H3,(H,27,32)(H,28,33). The van der Waals surface area contributed by atoms with Gasteiger partial charge in [0.1, 0.15) is 0 Å². The molecule has 8 heteroatoms. The van der Waals surface area contributed by atoms with E-state index < -0.39 is 0 Å². The molecule has 172 valence electrons. The Labute approximate surface area is 194 Å². The van der Waals surface area contributed by atoms with Crippen LogP contribution in [-0.2, 0) is 17.9 Å². The lowest BCUT2D eigenvalue weighted by Gasteiger charge is -2.32. The van der Waals surface area contributed by atoms with E-state index in [0.717, 1.165) is 38.4 Å². The minimum atomic E-state index is -0.207. The quantitative estimate of drug-likeness (QED) is 0.556. The molecular formula is C25H30N6O2. The predicted octanol–water partition coefficient (Wildman–Crippen LogP) is 2.91. The van der Waals surface area contributed by atoms with Crippen molar-refractivity contribution in [3.63, 3.8) is 0 Å². The molecule has 0 aliphatic carbocycles. The average molecular weight is 447 g/mol. The lowest BCUT2D eigenvalue weighted by Crippen LogP contribution is -2.43. The molecular weight excluding hydrogens is 416 g/mol. The first kappa shape index (κ1) is 22.7. The fraction of sp³-hybridized carbons (Fsp3) is 0.320. The zero-order chi connectivity index (χ0) is 23.0. The summed E-state index contributed by atoms with van der Waals surface area (Å²) in [5.74, 6) is -0.320. The van der Waals surface area contributed by atoms with Crippen LogP contribution in [0.3, 0.4) is 0 Å². The van der Waals surface area contributed by atoms with E-state index in [1.807, 2.05) is 29.0 Å². The van der Waals surface area contributed by atoms with E-state index in [-0.39, 0.29) is 11.8 Å². The summed E-state index contributed by atoms with van der Waals surface area (Å²) in [6.45, 7) is 5.68. The summed E-state index contributed by atoms with van der Waals surface area (Å²) in [5.41, 5.74) is 3.03. The van der Waals surface area contributed by atoms with E-state index in [4.69, 9.17) is 0 Å². The summed E-state index contributed by atoms with van der Waals surface area (Å²) in [4.78, 5) is 33.8. The number of nitrogens with one attached hydrogen (secondary N) is 2. The van der Waals surface area contributed by atoms with E-state index >= 15 is 0 Å². The van der Waals surface area contributed by atoms with Gasteiger partial charge in [-0.05, 0) is 42.9 Å². The third-order valence-corrected chi connectivity index (χ3v) is 5.75. The number of carbonyl (C=O) groups is 2. The molecule has 1 aliphatic heterocycles. The number of hydrogen-bond donors (Lipinski definition) is 2. The van der Waals surface area contributed by atoms with Crippen LogP contribution < -0.4 is 10.6 Å². The maximum absolute atomic E-state index is 12.8. The second kappa shape index (κ2) is 10.9. The van der Waals surface area contributed by atoms with Crippen molar-refractivity contribution in [3.8, 4) is 0 Å². The number of aromatic nitrogens is 2. The molecule has 2 aromatic carbocycles. The number of anilines is 2. The van der Waals surface area contributed by atoms with Gasteiger partial charge in [-0.1, -0.05) is 18.2 Å². The van der Waals surface area contributed by atoms with Gasteiger partial charge in [0.25, 0.3) is 5.91 Å². The highest BCUT2D eigenvalue weighted by Gasteiger charge is 2.14. The van der Waals surface area contributed by atoms with Gasteiger partial charge in [0, 0.05) is 75.0 Å². The van der Waals surface area contributed by atoms with Crippen molar-refractivity contribution >= 4 is 23.2 Å². The van der Waals surface area contributed by atoms with Crippen LogP contribution in [0, 0.1) is 0 Å². The monoisotopic (exact) mass is 446 g/mol. The van der Waals surface area contributed by atoms with Crippen molar-refractivity contribution in [3.05, 3.63) is 78.4 Å². The zero-order valence-corrected chi connectivity index (χ0v) is 18.9. The topological polar surface area (TPSA) is 82.5 Å². The molecule has 0 spiro atoms. The zero-order valence-electron chi connectivity index (χ0n) is 18.9. The van der Waals surface area contributed by atoms with Crippen LogP contribution in [0.5, 0.6) is 0 Å². The Morgan fingerprint density at radius 2 is 1.73 bits per heavy atom. The number of piperazine rings is 1. The first-order valence-corrected chi connectivity index (χ1v) is 11.2. The Morgan fingerprint density at radius 1 is 0.970 bits per heavy atom. The molecule has 1 fully saturated rings. The van der Waals surface area contributed by atoms with Crippen LogP contribution >= 0.6 is 0 Å². The number of amides is 2. The van der Waals surface area contributed by atoms with Gasteiger partial charge in [0.05, 0.1) is 6.33 Å². The van der Waals surface area contributed by atoms with E-state index in [1.54, 1.807) is 36.8 Å². The van der Waals surface area contributed by atoms with Crippen LogP contribution in [0.1, 0.15) is 22.3 Å². The van der Waals surface area contributed by atoms with Crippen LogP contribution in [0.4, 0.5) is 11.4 Å². The Hall–Kier alpha value is -3.49. The molecule has 1 aromatic heterocycles. The van der Waals surface area contributed by atoms with Crippen LogP contribution in [-0.4, -0.2) is 64.4 Å². The Morgan fingerprint density at radius 3 is 2.48 bits per heavy atom. The third-order valence-electron chi connectivity index (χ3n) is 5.75. The summed E-state index contributed by atoms with van der Waals surface area (Å²) in [6.07, 6.45) is 5.51. The van der Waals surface area contributed by atoms with Gasteiger partial charge >= 0.3 is 0 Å². The molecule has 2 heterocycles. The maximum Gasteiger partial charge on any atom is 0.255 e. The molecule has 1 saturated heterocycles. The minimum Gasteiger partial charge on any atom is -0.337 e. The Bertz CT molecular complexity index is 1070. The Balaban J connectivity index is 1.32. The summed E-state index contributed by atoms with van der Waals surface area (Å²) in [7, 11) is 2.15. The average Bonchev–Trinajstić information content (AvgIpc) is 3.33. The van der Waals surface area contributed by atoms with Gasteiger partial charge in [0.2, 0.25) is 5.91 Å². The van der Waals surface area contributed by atoms with Crippen molar-refractivity contribution in [2.75, 3.05) is 43.9 Å². The van der Waals surface area contributed by atoms with Gasteiger partial charge < -0.3 is 20.1 Å². The Kier molecular flexibility index (Phi) is 7.49. The molecule has 3 aromatic rings. The first-order valence-electron chi connectivity index (χ1n) is 11.2. The summed E-state index contributed by atoms with van der Waals surface area (Å²) in [5, 5.41) is 5.84. The SMILES string of the molecule is CN1CCN(Cc2cccc(NC(=O)c3cccc(NC(=O)CCn4ccnc4)c3)c2)CC1. The highest BCUT2D eigenvalue weighted by molar-refractivity contribution is 6.05. The van der Waals surface area contributed by atoms with Crippen molar-refractivity contribution in [1.29, 1.82) is 0 Å². The summed E-state index contributed by atoms with van der Waals surface area (Å²) in [6, 6.07) is 15.0. The van der Waals surface area contributed by atoms with Gasteiger partial charge in [0.15, 0.2) is 0 Å². The molecule has 0 atom stereocenters. The largest absolute Gasteiger partial charge is 0.337 e. The molecule has 4 rings (SSSR count). The number of hydrogen-bond acceptors (Lipinski definition) is 5. The van der Waals surface area contributed by atoms with Gasteiger partial charge in [-0.2, -0.15) is 0 Å². The lowest BCUT2D eigenvalue weighted by atomic mass is 10.1. The number of likely N-dealkylation sites (N-methyl/N-ethyl adjacent to an activating group) is 1. The van der Waals surface area contributed by atoms with Crippen LogP contribution in [0.25, 0.3) is 0 Å². The molecule has 0 bridgehead atoms. The maximum atomic E-state index is 12.8. The van der Waals surface area contributed by atoms with Crippen molar-refractivity contribution in [2.24, 2.45) is 0 Å². The molecule has 0 radical (unpaired) electrons. The van der Waals surface area contributed by atoms with E-state index in [1.165, 1.54) is 5.56 Å². The van der Waals surface area contributed by atoms with Crippen molar-refractivity contribution < 1.29 is 9.59 Å². The minimum absolute atomic E-state index is 0.113. The fourth-order valence-corrected chi connectivity index (χ4v) is 3.83. The predicted molar refractivity (Wildman–Crippen MR) is 129 cm³/mol. The number of nitrogens with zero attached hydrogens (tertiary/aromatic N) is 4. The second-order valence-corrected chi connectivity index (χ2v) is 8.41. The van der Waals surface area contributed by atoms with Crippen LogP contribution in [0.15, 0.2) is 67.3 Å². The van der Waals surface area contributed by atoms with Gasteiger partial charge in [-0.15, -0.1) is 0 Å². The summed E-state index contributed by atoms with van der Waals surface area (Å²) < 4.78 is 1.85. The number of carbonyl (C=O) groups excluding carboxylic acids is 2. The lowest BCUT2D eigenvalue weighted by molar-refractivity contribution is -0.116. The van der Waals surface area contributed by atoms with Crippen molar-refractivity contribution in [1.82, 2.24) is 19.4 Å². The highest BCUT2D eigenvalue weighted by Crippen LogP contribution is 2.17. The molecule has 2 amide bonds. The first-order chi connectivity index (χ1) is 16.0. The molecule has 2 N–H and O–H groups in total. The summed E-state index contributed by atoms with van der Waals surface area (Å²) >= 11 is 0. The van der Waals surface area contributed by atoms with Gasteiger partial charge in [-0.3, -0.25) is 14.5 Å². The van der Waals surface area contributed by atoms with Crippen LogP contribution in [0.2, 0.25) is 0 Å². The highest BCUT2D eigenvalue weighted by atomic mass is 16.2. The molecule has 1 aliphatic rings. The van der Waals surface area contributed by atoms with E-state index in [2.05, 4.69) is 38.5 Å². The molecule has 0 saturated carbocycles. The van der Waals surface area contributed by atoms with Crippen molar-refractivity contribution in [2.45, 2.75) is 19.5 Å². The normalized spacial score (nSPS) is 14.7. The van der Waals surface area contributed by atoms with E-state index in [9.17, 15) is 9.59 Å². The van der Waals surface area contributed by atoms with Gasteiger partial charge in [-0.25, -0.2) is 4.98 Å². The number of aryl methyl sites for hydroxylation is 1. The number of imidazole rings is 1. The molecule has 0 unspecified atom stereocenters. The molecule has 8 nitrogen and oxygen atoms in total. The smallest absolute Gasteiger partial charge is 0.255 e.